The fraction of sp³-hybridized carbons (Fsp3) is 0.562. The quantitative estimate of drug-likeness (QED) is 0.892. The molecular formula is C16H24ClFN2O2. The summed E-state index contributed by atoms with van der Waals surface area (Å²) in [6.45, 7) is 5.47. The Kier molecular flexibility index (Phi) is 6.63. The lowest BCUT2D eigenvalue weighted by Gasteiger charge is -2.33. The van der Waals surface area contributed by atoms with E-state index in [4.69, 9.17) is 4.74 Å². The Hall–Kier alpha value is -1.33. The molecule has 2 N–H and O–H groups in total. The second kappa shape index (κ2) is 7.79. The van der Waals surface area contributed by atoms with Crippen LogP contribution in [0.25, 0.3) is 0 Å². The highest BCUT2D eigenvalue weighted by atomic mass is 35.5. The molecule has 1 heterocycles. The molecule has 1 aromatic rings. The molecule has 0 radical (unpaired) electrons. The van der Waals surface area contributed by atoms with Crippen LogP contribution in [-0.2, 0) is 4.79 Å². The first-order chi connectivity index (χ1) is 9.96. The van der Waals surface area contributed by atoms with Gasteiger partial charge in [0.1, 0.15) is 0 Å². The Balaban J connectivity index is 0.00000242. The van der Waals surface area contributed by atoms with Crippen LogP contribution in [0.4, 0.5) is 4.39 Å². The van der Waals surface area contributed by atoms with Crippen molar-refractivity contribution in [1.29, 1.82) is 0 Å². The number of benzene rings is 1. The molecule has 1 amide bonds. The van der Waals surface area contributed by atoms with E-state index in [-0.39, 0.29) is 30.1 Å². The van der Waals surface area contributed by atoms with Crippen LogP contribution in [0.15, 0.2) is 18.2 Å². The molecule has 1 aromatic carbocycles. The molecule has 2 unspecified atom stereocenters. The van der Waals surface area contributed by atoms with Gasteiger partial charge in [-0.3, -0.25) is 4.79 Å². The van der Waals surface area contributed by atoms with Gasteiger partial charge in [-0.05, 0) is 50.9 Å². The molecule has 22 heavy (non-hydrogen) atoms. The van der Waals surface area contributed by atoms with Gasteiger partial charge in [-0.15, -0.1) is 12.4 Å². The maximum Gasteiger partial charge on any atom is 0.227 e. The van der Waals surface area contributed by atoms with E-state index in [2.05, 4.69) is 10.6 Å². The van der Waals surface area contributed by atoms with E-state index < -0.39 is 11.2 Å². The van der Waals surface area contributed by atoms with Crippen molar-refractivity contribution in [3.8, 4) is 5.75 Å². The van der Waals surface area contributed by atoms with Gasteiger partial charge in [0.2, 0.25) is 5.91 Å². The topological polar surface area (TPSA) is 50.4 Å². The fourth-order valence-corrected chi connectivity index (χ4v) is 2.66. The van der Waals surface area contributed by atoms with Crippen LogP contribution in [0.1, 0.15) is 38.3 Å². The molecule has 0 bridgehead atoms. The molecule has 1 aliphatic heterocycles. The van der Waals surface area contributed by atoms with Gasteiger partial charge in [0.15, 0.2) is 11.6 Å². The lowest BCUT2D eigenvalue weighted by molar-refractivity contribution is -0.131. The first kappa shape index (κ1) is 18.7. The van der Waals surface area contributed by atoms with Crippen molar-refractivity contribution in [1.82, 2.24) is 10.6 Å². The van der Waals surface area contributed by atoms with Gasteiger partial charge in [0.25, 0.3) is 0 Å². The van der Waals surface area contributed by atoms with Crippen molar-refractivity contribution in [3.63, 3.8) is 0 Å². The minimum absolute atomic E-state index is 0. The van der Waals surface area contributed by atoms with Gasteiger partial charge < -0.3 is 15.4 Å². The Morgan fingerprint density at radius 2 is 2.23 bits per heavy atom. The van der Waals surface area contributed by atoms with E-state index in [1.807, 2.05) is 13.8 Å². The van der Waals surface area contributed by atoms with Crippen LogP contribution < -0.4 is 15.4 Å². The first-order valence-electron chi connectivity index (χ1n) is 7.31. The van der Waals surface area contributed by atoms with Crippen LogP contribution in [-0.4, -0.2) is 26.1 Å². The van der Waals surface area contributed by atoms with Crippen molar-refractivity contribution in [2.75, 3.05) is 20.2 Å². The average molecular weight is 331 g/mol. The maximum absolute atomic E-state index is 13.7. The molecule has 0 saturated carbocycles. The largest absolute Gasteiger partial charge is 0.494 e. The molecule has 124 valence electrons. The summed E-state index contributed by atoms with van der Waals surface area (Å²) in [4.78, 5) is 12.4. The van der Waals surface area contributed by atoms with E-state index in [1.165, 1.54) is 13.2 Å². The lowest BCUT2D eigenvalue weighted by Crippen LogP contribution is -2.49. The van der Waals surface area contributed by atoms with Crippen LogP contribution in [0.2, 0.25) is 0 Å². The number of piperidine rings is 1. The number of rotatable bonds is 4. The summed E-state index contributed by atoms with van der Waals surface area (Å²) < 4.78 is 18.6. The van der Waals surface area contributed by atoms with Crippen LogP contribution in [0.5, 0.6) is 5.75 Å². The van der Waals surface area contributed by atoms with E-state index in [0.29, 0.717) is 6.54 Å². The zero-order valence-electron chi connectivity index (χ0n) is 13.2. The summed E-state index contributed by atoms with van der Waals surface area (Å²) in [5, 5.41) is 6.24. The number of carbonyl (C=O) groups excluding carboxylic acids is 1. The number of carbonyl (C=O) groups is 1. The number of nitrogens with one attached hydrogen (secondary N) is 2. The monoisotopic (exact) mass is 330 g/mol. The zero-order valence-corrected chi connectivity index (χ0v) is 14.1. The Labute approximate surface area is 137 Å². The maximum atomic E-state index is 13.7. The van der Waals surface area contributed by atoms with Gasteiger partial charge in [0.05, 0.1) is 18.6 Å². The summed E-state index contributed by atoms with van der Waals surface area (Å²) in [5.41, 5.74) is 0.339. The van der Waals surface area contributed by atoms with Crippen LogP contribution >= 0.6 is 12.4 Å². The fourth-order valence-electron chi connectivity index (χ4n) is 2.66. The number of halogens is 2. The van der Waals surface area contributed by atoms with Crippen molar-refractivity contribution in [3.05, 3.63) is 29.6 Å². The highest BCUT2D eigenvalue weighted by molar-refractivity contribution is 5.85. The zero-order chi connectivity index (χ0) is 15.5. The van der Waals surface area contributed by atoms with E-state index in [0.717, 1.165) is 24.9 Å². The average Bonchev–Trinajstić information content (AvgIpc) is 2.47. The third kappa shape index (κ3) is 4.11. The van der Waals surface area contributed by atoms with Gasteiger partial charge in [0, 0.05) is 6.54 Å². The molecule has 6 heteroatoms. The molecule has 1 fully saturated rings. The molecule has 4 nitrogen and oxygen atoms in total. The summed E-state index contributed by atoms with van der Waals surface area (Å²) in [6, 6.07) is 4.52. The number of hydrogen-bond donors (Lipinski definition) is 2. The summed E-state index contributed by atoms with van der Waals surface area (Å²) in [5.74, 6) is -0.194. The summed E-state index contributed by atoms with van der Waals surface area (Å²) >= 11 is 0. The van der Waals surface area contributed by atoms with Gasteiger partial charge in [-0.25, -0.2) is 4.39 Å². The number of hydrogen-bond acceptors (Lipinski definition) is 3. The van der Waals surface area contributed by atoms with Gasteiger partial charge >= 0.3 is 0 Å². The molecular weight excluding hydrogens is 307 g/mol. The van der Waals surface area contributed by atoms with E-state index >= 15 is 0 Å². The number of amides is 1. The Morgan fingerprint density at radius 3 is 2.77 bits per heavy atom. The minimum Gasteiger partial charge on any atom is -0.494 e. The summed E-state index contributed by atoms with van der Waals surface area (Å²) in [6.07, 6.45) is 1.87. The predicted octanol–water partition coefficient (Wildman–Crippen LogP) is 2.82. The van der Waals surface area contributed by atoms with E-state index in [1.54, 1.807) is 12.1 Å². The molecule has 0 aromatic heterocycles. The third-order valence-corrected chi connectivity index (χ3v) is 4.17. The molecule has 0 spiro atoms. The highest BCUT2D eigenvalue weighted by Gasteiger charge is 2.35. The van der Waals surface area contributed by atoms with Crippen LogP contribution in [0, 0.1) is 11.2 Å². The second-order valence-corrected chi connectivity index (χ2v) is 5.93. The Bertz CT molecular complexity index is 519. The molecule has 1 aliphatic rings. The summed E-state index contributed by atoms with van der Waals surface area (Å²) in [7, 11) is 1.43. The van der Waals surface area contributed by atoms with Crippen molar-refractivity contribution < 1.29 is 13.9 Å². The van der Waals surface area contributed by atoms with Crippen molar-refractivity contribution >= 4 is 18.3 Å². The Morgan fingerprint density at radius 1 is 1.50 bits per heavy atom. The highest BCUT2D eigenvalue weighted by Crippen LogP contribution is 2.27. The first-order valence-corrected chi connectivity index (χ1v) is 7.31. The van der Waals surface area contributed by atoms with Crippen LogP contribution in [0.3, 0.4) is 0 Å². The molecule has 0 aliphatic carbocycles. The number of ether oxygens (including phenoxy) is 1. The molecule has 1 saturated heterocycles. The molecule has 2 rings (SSSR count). The third-order valence-electron chi connectivity index (χ3n) is 4.17. The smallest absolute Gasteiger partial charge is 0.227 e. The lowest BCUT2D eigenvalue weighted by atomic mass is 9.81. The minimum atomic E-state index is -0.415. The second-order valence-electron chi connectivity index (χ2n) is 5.93. The predicted molar refractivity (Wildman–Crippen MR) is 87.0 cm³/mol. The van der Waals surface area contributed by atoms with Gasteiger partial charge in [-0.1, -0.05) is 6.07 Å². The van der Waals surface area contributed by atoms with Crippen molar-refractivity contribution in [2.24, 2.45) is 5.41 Å². The number of methoxy groups -OCH3 is 1. The van der Waals surface area contributed by atoms with E-state index in [9.17, 15) is 9.18 Å². The molecule has 2 atom stereocenters. The normalized spacial score (nSPS) is 22.4. The standard InChI is InChI=1S/C16H23FN2O2.ClH/c1-11(12-5-6-14(21-3)13(17)9-12)19-15(20)16(2)7-4-8-18-10-16;/h5-6,9,11,18H,4,7-8,10H2,1-3H3,(H,19,20);1H. The van der Waals surface area contributed by atoms with Crippen molar-refractivity contribution in [2.45, 2.75) is 32.7 Å². The van der Waals surface area contributed by atoms with Gasteiger partial charge in [-0.2, -0.15) is 0 Å². The SMILES string of the molecule is COc1ccc(C(C)NC(=O)C2(C)CCCNC2)cc1F.Cl.